The van der Waals surface area contributed by atoms with Crippen molar-refractivity contribution in [2.75, 3.05) is 5.32 Å². The summed E-state index contributed by atoms with van der Waals surface area (Å²) in [6.45, 7) is 0. The molecule has 1 heterocycles. The Hall–Kier alpha value is -2.72. The number of hydrogen-bond acceptors (Lipinski definition) is 5. The quantitative estimate of drug-likeness (QED) is 0.449. The summed E-state index contributed by atoms with van der Waals surface area (Å²) in [5.74, 6) is -1.45. The topological polar surface area (TPSA) is 76.1 Å². The Morgan fingerprint density at radius 1 is 1.06 bits per heavy atom. The lowest BCUT2D eigenvalue weighted by Crippen LogP contribution is -2.15. The number of hydrogen-bond donors (Lipinski definition) is 1. The summed E-state index contributed by atoms with van der Waals surface area (Å²) in [4.78, 5) is 17.7. The van der Waals surface area contributed by atoms with Crippen LogP contribution in [-0.2, 0) is 14.6 Å². The van der Waals surface area contributed by atoms with Crippen LogP contribution in [0.1, 0.15) is 31.2 Å². The fraction of sp³-hybridized carbons (Fsp3) is 0.333. The molecule has 0 aliphatic heterocycles. The molecule has 1 amide bonds. The normalized spacial score (nSPS) is 23.4. The van der Waals surface area contributed by atoms with Crippen molar-refractivity contribution < 1.29 is 26.4 Å². The first-order valence-corrected chi connectivity index (χ1v) is 13.3. The number of halogens is 3. The van der Waals surface area contributed by atoms with Gasteiger partial charge in [-0.2, -0.15) is 0 Å². The van der Waals surface area contributed by atoms with Gasteiger partial charge in [0, 0.05) is 5.57 Å². The lowest BCUT2D eigenvalue weighted by atomic mass is 9.98. The SMILES string of the molecule is O=C(Nc1nc2ccc(F)cc2s1)/C(=C/[C@H]1C[C@@H](F)[C@@H](F)C1)c1ccc(S(=O)(=O)C2CC2)cc1. The third-order valence-corrected chi connectivity index (χ3v) is 9.34. The standard InChI is InChI=1S/C24H21F3N2O3S2/c25-15-3-8-21-22(12-15)33-24(28-21)29-23(30)18(9-13-10-19(26)20(27)11-13)14-1-4-16(5-2-14)34(31,32)17-6-7-17/h1-5,8-9,12-13,17,19-20H,6-7,10-11H2,(H,28,29,30)/b18-9+/t13-,19+,20-. The first-order valence-electron chi connectivity index (χ1n) is 10.9. The van der Waals surface area contributed by atoms with Crippen LogP contribution >= 0.6 is 11.3 Å². The molecular weight excluding hydrogens is 485 g/mol. The van der Waals surface area contributed by atoms with Gasteiger partial charge < -0.3 is 0 Å². The molecule has 0 unspecified atom stereocenters. The number of benzene rings is 2. The van der Waals surface area contributed by atoms with Gasteiger partial charge in [-0.05, 0) is 67.5 Å². The molecule has 1 N–H and O–H groups in total. The summed E-state index contributed by atoms with van der Waals surface area (Å²) >= 11 is 1.10. The molecule has 2 saturated carbocycles. The van der Waals surface area contributed by atoms with Crippen LogP contribution in [-0.4, -0.2) is 36.9 Å². The Balaban J connectivity index is 1.45. The van der Waals surface area contributed by atoms with Crippen LogP contribution < -0.4 is 5.32 Å². The van der Waals surface area contributed by atoms with E-state index in [9.17, 15) is 26.4 Å². The monoisotopic (exact) mass is 506 g/mol. The van der Waals surface area contributed by atoms with Gasteiger partial charge >= 0.3 is 0 Å². The number of carbonyl (C=O) groups excluding carboxylic acids is 1. The zero-order valence-corrected chi connectivity index (χ0v) is 19.5. The van der Waals surface area contributed by atoms with Crippen molar-refractivity contribution in [3.63, 3.8) is 0 Å². The fourth-order valence-corrected chi connectivity index (χ4v) is 6.70. The van der Waals surface area contributed by atoms with Gasteiger partial charge in [-0.15, -0.1) is 0 Å². The number of aromatic nitrogens is 1. The Kier molecular flexibility index (Phi) is 5.97. The summed E-state index contributed by atoms with van der Waals surface area (Å²) in [5.41, 5.74) is 1.13. The molecule has 10 heteroatoms. The molecule has 34 heavy (non-hydrogen) atoms. The number of rotatable bonds is 6. The summed E-state index contributed by atoms with van der Waals surface area (Å²) < 4.78 is 66.6. The van der Waals surface area contributed by atoms with Gasteiger partial charge in [0.05, 0.1) is 20.4 Å². The van der Waals surface area contributed by atoms with E-state index in [1.807, 2.05) is 0 Å². The molecule has 2 fully saturated rings. The average Bonchev–Trinajstić information content (AvgIpc) is 3.52. The molecular formula is C24H21F3N2O3S2. The van der Waals surface area contributed by atoms with Crippen LogP contribution in [0.25, 0.3) is 15.8 Å². The lowest BCUT2D eigenvalue weighted by Gasteiger charge is -2.12. The zero-order chi connectivity index (χ0) is 24.0. The molecule has 3 atom stereocenters. The van der Waals surface area contributed by atoms with E-state index in [0.717, 1.165) is 11.3 Å². The molecule has 5 rings (SSSR count). The maximum Gasteiger partial charge on any atom is 0.257 e. The molecule has 178 valence electrons. The number of nitrogens with one attached hydrogen (secondary N) is 1. The molecule has 2 aromatic carbocycles. The van der Waals surface area contributed by atoms with Crippen LogP contribution in [0.15, 0.2) is 53.4 Å². The van der Waals surface area contributed by atoms with Crippen LogP contribution in [0.3, 0.4) is 0 Å². The second-order valence-corrected chi connectivity index (χ2v) is 12.0. The van der Waals surface area contributed by atoms with E-state index in [-0.39, 0.29) is 33.7 Å². The van der Waals surface area contributed by atoms with E-state index >= 15 is 0 Å². The number of fused-ring (bicyclic) bond motifs is 1. The lowest BCUT2D eigenvalue weighted by molar-refractivity contribution is -0.111. The van der Waals surface area contributed by atoms with Crippen molar-refractivity contribution in [2.24, 2.45) is 5.92 Å². The van der Waals surface area contributed by atoms with Crippen molar-refractivity contribution in [3.05, 3.63) is 59.9 Å². The average molecular weight is 507 g/mol. The molecule has 5 nitrogen and oxygen atoms in total. The van der Waals surface area contributed by atoms with E-state index in [1.165, 1.54) is 42.5 Å². The number of carbonyl (C=O) groups is 1. The highest BCUT2D eigenvalue weighted by molar-refractivity contribution is 7.92. The Bertz CT molecular complexity index is 1370. The molecule has 0 radical (unpaired) electrons. The maximum atomic E-state index is 13.8. The predicted octanol–water partition coefficient (Wildman–Crippen LogP) is 5.48. The second-order valence-electron chi connectivity index (χ2n) is 8.70. The number of amides is 1. The first-order chi connectivity index (χ1) is 16.2. The minimum absolute atomic E-state index is 0.0352. The van der Waals surface area contributed by atoms with Crippen molar-refractivity contribution in [1.82, 2.24) is 4.98 Å². The van der Waals surface area contributed by atoms with Crippen LogP contribution in [0.2, 0.25) is 0 Å². The fourth-order valence-electron chi connectivity index (χ4n) is 4.16. The van der Waals surface area contributed by atoms with E-state index in [1.54, 1.807) is 6.08 Å². The van der Waals surface area contributed by atoms with Crippen molar-refractivity contribution in [2.45, 2.75) is 48.2 Å². The molecule has 0 spiro atoms. The number of anilines is 1. The van der Waals surface area contributed by atoms with Gasteiger partial charge in [-0.25, -0.2) is 26.6 Å². The van der Waals surface area contributed by atoms with Crippen LogP contribution in [0, 0.1) is 11.7 Å². The van der Waals surface area contributed by atoms with Crippen LogP contribution in [0.5, 0.6) is 0 Å². The number of alkyl halides is 2. The van der Waals surface area contributed by atoms with E-state index < -0.39 is 39.8 Å². The largest absolute Gasteiger partial charge is 0.298 e. The highest BCUT2D eigenvalue weighted by atomic mass is 32.2. The number of sulfone groups is 1. The smallest absolute Gasteiger partial charge is 0.257 e. The molecule has 2 aliphatic rings. The zero-order valence-electron chi connectivity index (χ0n) is 17.9. The maximum absolute atomic E-state index is 13.8. The van der Waals surface area contributed by atoms with Gasteiger partial charge in [0.25, 0.3) is 5.91 Å². The second kappa shape index (κ2) is 8.81. The predicted molar refractivity (Wildman–Crippen MR) is 125 cm³/mol. The summed E-state index contributed by atoms with van der Waals surface area (Å²) in [7, 11) is -3.39. The van der Waals surface area contributed by atoms with Crippen molar-refractivity contribution >= 4 is 48.0 Å². The third kappa shape index (κ3) is 4.61. The van der Waals surface area contributed by atoms with Gasteiger partial charge in [0.1, 0.15) is 18.2 Å². The highest BCUT2D eigenvalue weighted by Gasteiger charge is 2.37. The Morgan fingerprint density at radius 2 is 1.74 bits per heavy atom. The van der Waals surface area contributed by atoms with Gasteiger partial charge in [0.2, 0.25) is 0 Å². The van der Waals surface area contributed by atoms with E-state index in [0.29, 0.717) is 28.6 Å². The van der Waals surface area contributed by atoms with Crippen molar-refractivity contribution in [1.29, 1.82) is 0 Å². The number of nitrogens with zero attached hydrogens (tertiary/aromatic N) is 1. The minimum Gasteiger partial charge on any atom is -0.298 e. The molecule has 1 aromatic heterocycles. The van der Waals surface area contributed by atoms with Gasteiger partial charge in [-0.3, -0.25) is 10.1 Å². The van der Waals surface area contributed by atoms with Gasteiger partial charge in [0.15, 0.2) is 15.0 Å². The van der Waals surface area contributed by atoms with E-state index in [2.05, 4.69) is 10.3 Å². The number of thiazole rings is 1. The molecule has 3 aromatic rings. The summed E-state index contributed by atoms with van der Waals surface area (Å²) in [6.07, 6.45) is -0.426. The first kappa shape index (κ1) is 23.0. The Morgan fingerprint density at radius 3 is 2.38 bits per heavy atom. The van der Waals surface area contributed by atoms with Crippen LogP contribution in [0.4, 0.5) is 18.3 Å². The Labute approximate surface area is 198 Å². The molecule has 0 bridgehead atoms. The summed E-state index contributed by atoms with van der Waals surface area (Å²) in [6, 6.07) is 10.1. The third-order valence-electron chi connectivity index (χ3n) is 6.12. The van der Waals surface area contributed by atoms with Gasteiger partial charge in [-0.1, -0.05) is 29.5 Å². The number of allylic oxidation sites excluding steroid dienone is 1. The molecule has 0 saturated heterocycles. The summed E-state index contributed by atoms with van der Waals surface area (Å²) in [5, 5.41) is 2.58. The minimum atomic E-state index is -3.39. The highest BCUT2D eigenvalue weighted by Crippen LogP contribution is 2.36. The van der Waals surface area contributed by atoms with E-state index in [4.69, 9.17) is 0 Å². The van der Waals surface area contributed by atoms with Crippen molar-refractivity contribution in [3.8, 4) is 0 Å². The molecule has 2 aliphatic carbocycles.